The van der Waals surface area contributed by atoms with Crippen molar-refractivity contribution in [2.24, 2.45) is 0 Å². The molecular formula is C13H25N3O4S. The SMILES string of the molecule is CC(C)NC(=O)C(=O)N(CCN(C)C)C1CCS(=O)(=O)C1. The van der Waals surface area contributed by atoms with Gasteiger partial charge in [0.05, 0.1) is 11.5 Å². The maximum absolute atomic E-state index is 12.3. The van der Waals surface area contributed by atoms with E-state index in [0.717, 1.165) is 0 Å². The Morgan fingerprint density at radius 3 is 2.29 bits per heavy atom. The summed E-state index contributed by atoms with van der Waals surface area (Å²) in [5.74, 6) is -1.29. The lowest BCUT2D eigenvalue weighted by Crippen LogP contribution is -2.51. The first kappa shape index (κ1) is 17.9. The molecule has 8 heteroatoms. The van der Waals surface area contributed by atoms with Gasteiger partial charge in [0.15, 0.2) is 9.84 Å². The van der Waals surface area contributed by atoms with E-state index in [0.29, 0.717) is 19.5 Å². The van der Waals surface area contributed by atoms with Gasteiger partial charge in [-0.3, -0.25) is 9.59 Å². The second-order valence-corrected chi connectivity index (χ2v) is 8.22. The van der Waals surface area contributed by atoms with Crippen molar-refractivity contribution in [2.45, 2.75) is 32.4 Å². The number of carbonyl (C=O) groups is 2. The van der Waals surface area contributed by atoms with E-state index >= 15 is 0 Å². The van der Waals surface area contributed by atoms with Gasteiger partial charge in [-0.05, 0) is 34.4 Å². The van der Waals surface area contributed by atoms with E-state index in [2.05, 4.69) is 5.32 Å². The topological polar surface area (TPSA) is 86.8 Å². The Labute approximate surface area is 126 Å². The van der Waals surface area contributed by atoms with Crippen molar-refractivity contribution in [3.05, 3.63) is 0 Å². The summed E-state index contributed by atoms with van der Waals surface area (Å²) in [5.41, 5.74) is 0. The maximum Gasteiger partial charge on any atom is 0.312 e. The molecule has 0 aromatic rings. The van der Waals surface area contributed by atoms with Gasteiger partial charge in [0, 0.05) is 25.2 Å². The Balaban J connectivity index is 2.81. The molecule has 0 bridgehead atoms. The third kappa shape index (κ3) is 5.62. The lowest BCUT2D eigenvalue weighted by molar-refractivity contribution is -0.147. The summed E-state index contributed by atoms with van der Waals surface area (Å²) in [4.78, 5) is 27.5. The van der Waals surface area contributed by atoms with E-state index < -0.39 is 27.7 Å². The molecule has 0 aliphatic carbocycles. The van der Waals surface area contributed by atoms with Crippen LogP contribution in [0.15, 0.2) is 0 Å². The number of hydrogen-bond acceptors (Lipinski definition) is 5. The molecule has 1 heterocycles. The standard InChI is InChI=1S/C13H25N3O4S/c1-10(2)14-12(17)13(18)16(7-6-15(3)4)11-5-8-21(19,20)9-11/h10-11H,5-9H2,1-4H3,(H,14,17). The summed E-state index contributed by atoms with van der Waals surface area (Å²) >= 11 is 0. The molecular weight excluding hydrogens is 294 g/mol. The number of amides is 2. The van der Waals surface area contributed by atoms with E-state index in [1.165, 1.54) is 4.90 Å². The van der Waals surface area contributed by atoms with E-state index in [4.69, 9.17) is 0 Å². The quantitative estimate of drug-likeness (QED) is 0.663. The summed E-state index contributed by atoms with van der Waals surface area (Å²) in [6.45, 7) is 4.47. The molecule has 2 amide bonds. The van der Waals surface area contributed by atoms with Crippen LogP contribution >= 0.6 is 0 Å². The van der Waals surface area contributed by atoms with Crippen molar-refractivity contribution < 1.29 is 18.0 Å². The summed E-state index contributed by atoms with van der Waals surface area (Å²) < 4.78 is 23.2. The molecule has 1 unspecified atom stereocenters. The summed E-state index contributed by atoms with van der Waals surface area (Å²) in [6.07, 6.45) is 0.399. The minimum Gasteiger partial charge on any atom is -0.346 e. The number of rotatable bonds is 5. The number of hydrogen-bond donors (Lipinski definition) is 1. The van der Waals surface area contributed by atoms with Crippen LogP contribution in [0.1, 0.15) is 20.3 Å². The van der Waals surface area contributed by atoms with Gasteiger partial charge in [0.2, 0.25) is 0 Å². The highest BCUT2D eigenvalue weighted by Crippen LogP contribution is 2.18. The maximum atomic E-state index is 12.3. The molecule has 7 nitrogen and oxygen atoms in total. The van der Waals surface area contributed by atoms with Crippen LogP contribution in [-0.4, -0.2) is 80.8 Å². The predicted octanol–water partition coefficient (Wildman–Crippen LogP) is -0.912. The van der Waals surface area contributed by atoms with Crippen molar-refractivity contribution in [1.29, 1.82) is 0 Å². The minimum atomic E-state index is -3.10. The van der Waals surface area contributed by atoms with Gasteiger partial charge in [0.25, 0.3) is 0 Å². The highest BCUT2D eigenvalue weighted by Gasteiger charge is 2.36. The second-order valence-electron chi connectivity index (χ2n) is 5.99. The van der Waals surface area contributed by atoms with Crippen LogP contribution in [0.25, 0.3) is 0 Å². The van der Waals surface area contributed by atoms with Crippen molar-refractivity contribution in [2.75, 3.05) is 38.7 Å². The normalized spacial score (nSPS) is 20.8. The average molecular weight is 319 g/mol. The zero-order chi connectivity index (χ0) is 16.2. The molecule has 1 saturated heterocycles. The van der Waals surface area contributed by atoms with Crippen molar-refractivity contribution in [3.63, 3.8) is 0 Å². The van der Waals surface area contributed by atoms with Gasteiger partial charge >= 0.3 is 11.8 Å². The van der Waals surface area contributed by atoms with E-state index in [1.54, 1.807) is 13.8 Å². The largest absolute Gasteiger partial charge is 0.346 e. The number of nitrogens with one attached hydrogen (secondary N) is 1. The molecule has 0 aromatic heterocycles. The molecule has 1 aliphatic heterocycles. The van der Waals surface area contributed by atoms with Gasteiger partial charge in [0.1, 0.15) is 0 Å². The Morgan fingerprint density at radius 1 is 1.24 bits per heavy atom. The van der Waals surface area contributed by atoms with E-state index in [9.17, 15) is 18.0 Å². The Bertz CT molecular complexity index is 488. The van der Waals surface area contributed by atoms with Gasteiger partial charge in [-0.1, -0.05) is 0 Å². The number of sulfone groups is 1. The molecule has 1 aliphatic rings. The lowest BCUT2D eigenvalue weighted by Gasteiger charge is -2.29. The molecule has 1 rings (SSSR count). The molecule has 0 spiro atoms. The molecule has 1 N–H and O–H groups in total. The Kier molecular flexibility index (Phi) is 6.15. The average Bonchev–Trinajstić information content (AvgIpc) is 2.68. The molecule has 122 valence electrons. The van der Waals surface area contributed by atoms with Gasteiger partial charge in [-0.2, -0.15) is 0 Å². The highest BCUT2D eigenvalue weighted by atomic mass is 32.2. The molecule has 0 aromatic carbocycles. The molecule has 1 fully saturated rings. The number of likely N-dealkylation sites (N-methyl/N-ethyl adjacent to an activating group) is 1. The number of carbonyl (C=O) groups excluding carboxylic acids is 2. The Hall–Kier alpha value is -1.15. The van der Waals surface area contributed by atoms with Crippen molar-refractivity contribution >= 4 is 21.7 Å². The summed E-state index contributed by atoms with van der Waals surface area (Å²) in [5, 5.41) is 2.56. The molecule has 21 heavy (non-hydrogen) atoms. The Morgan fingerprint density at radius 2 is 1.86 bits per heavy atom. The van der Waals surface area contributed by atoms with Crippen LogP contribution in [-0.2, 0) is 19.4 Å². The van der Waals surface area contributed by atoms with Crippen LogP contribution in [0.4, 0.5) is 0 Å². The summed E-state index contributed by atoms with van der Waals surface area (Å²) in [6, 6.07) is -0.537. The van der Waals surface area contributed by atoms with Crippen molar-refractivity contribution in [1.82, 2.24) is 15.1 Å². The zero-order valence-corrected chi connectivity index (χ0v) is 13.9. The fraction of sp³-hybridized carbons (Fsp3) is 0.846. The third-order valence-corrected chi connectivity index (χ3v) is 5.06. The molecule has 1 atom stereocenters. The smallest absolute Gasteiger partial charge is 0.312 e. The van der Waals surface area contributed by atoms with Gasteiger partial charge in [-0.25, -0.2) is 8.42 Å². The third-order valence-electron chi connectivity index (χ3n) is 3.31. The van der Waals surface area contributed by atoms with E-state index in [-0.39, 0.29) is 17.5 Å². The van der Waals surface area contributed by atoms with Crippen LogP contribution in [0, 0.1) is 0 Å². The van der Waals surface area contributed by atoms with Crippen LogP contribution < -0.4 is 5.32 Å². The first-order valence-electron chi connectivity index (χ1n) is 7.09. The number of nitrogens with zero attached hydrogens (tertiary/aromatic N) is 2. The van der Waals surface area contributed by atoms with Gasteiger partial charge < -0.3 is 15.1 Å². The molecule has 0 radical (unpaired) electrons. The predicted molar refractivity (Wildman–Crippen MR) is 80.6 cm³/mol. The molecule has 0 saturated carbocycles. The van der Waals surface area contributed by atoms with Crippen LogP contribution in [0.2, 0.25) is 0 Å². The fourth-order valence-corrected chi connectivity index (χ4v) is 3.96. The highest BCUT2D eigenvalue weighted by molar-refractivity contribution is 7.91. The fourth-order valence-electron chi connectivity index (χ4n) is 2.23. The summed E-state index contributed by atoms with van der Waals surface area (Å²) in [7, 11) is 0.626. The minimum absolute atomic E-state index is 0.0544. The van der Waals surface area contributed by atoms with Crippen LogP contribution in [0.3, 0.4) is 0 Å². The zero-order valence-electron chi connectivity index (χ0n) is 13.1. The van der Waals surface area contributed by atoms with E-state index in [1.807, 2.05) is 19.0 Å². The first-order valence-corrected chi connectivity index (χ1v) is 8.91. The lowest BCUT2D eigenvalue weighted by atomic mass is 10.2. The monoisotopic (exact) mass is 319 g/mol. The second kappa shape index (κ2) is 7.22. The van der Waals surface area contributed by atoms with Crippen molar-refractivity contribution in [3.8, 4) is 0 Å². The first-order chi connectivity index (χ1) is 9.62. The van der Waals surface area contributed by atoms with Crippen LogP contribution in [0.5, 0.6) is 0 Å². The van der Waals surface area contributed by atoms with Gasteiger partial charge in [-0.15, -0.1) is 0 Å².